The number of carboxylic acid groups (broad SMARTS) is 1. The van der Waals surface area contributed by atoms with Crippen LogP contribution in [0.5, 0.6) is 0 Å². The molecular weight excluding hydrogens is 218 g/mol. The van der Waals surface area contributed by atoms with Gasteiger partial charge in [-0.05, 0) is 39.7 Å². The summed E-state index contributed by atoms with van der Waals surface area (Å²) in [6.07, 6.45) is 2.77. The van der Waals surface area contributed by atoms with Gasteiger partial charge in [-0.15, -0.1) is 0 Å². The third kappa shape index (κ3) is 4.28. The summed E-state index contributed by atoms with van der Waals surface area (Å²) in [6, 6.07) is 0.511. The Kier molecular flexibility index (Phi) is 5.40. The molecule has 100 valence electrons. The standard InChI is InChI=1S/C13H25NO3/c1-4-11-10-17-9-8-14(11)7-5-6-13(2,3)12(15)16/h11H,4-10H2,1-3H3,(H,15,16). The topological polar surface area (TPSA) is 49.8 Å². The molecule has 1 heterocycles. The van der Waals surface area contributed by atoms with E-state index in [4.69, 9.17) is 9.84 Å². The molecule has 0 aliphatic carbocycles. The molecule has 0 saturated carbocycles. The monoisotopic (exact) mass is 243 g/mol. The van der Waals surface area contributed by atoms with E-state index in [9.17, 15) is 4.79 Å². The molecule has 0 aromatic rings. The van der Waals surface area contributed by atoms with Gasteiger partial charge < -0.3 is 9.84 Å². The van der Waals surface area contributed by atoms with Crippen LogP contribution in [0.2, 0.25) is 0 Å². The zero-order valence-electron chi connectivity index (χ0n) is 11.2. The van der Waals surface area contributed by atoms with Gasteiger partial charge in [0.25, 0.3) is 0 Å². The summed E-state index contributed by atoms with van der Waals surface area (Å²) >= 11 is 0. The zero-order valence-corrected chi connectivity index (χ0v) is 11.2. The van der Waals surface area contributed by atoms with Crippen molar-refractivity contribution in [3.05, 3.63) is 0 Å². The lowest BCUT2D eigenvalue weighted by Crippen LogP contribution is -2.45. The number of aliphatic carboxylic acids is 1. The highest BCUT2D eigenvalue weighted by molar-refractivity contribution is 5.73. The Hall–Kier alpha value is -0.610. The number of carboxylic acids is 1. The first-order valence-electron chi connectivity index (χ1n) is 6.52. The van der Waals surface area contributed by atoms with E-state index in [0.717, 1.165) is 45.6 Å². The minimum atomic E-state index is -0.702. The minimum absolute atomic E-state index is 0.511. The molecular formula is C13H25NO3. The van der Waals surface area contributed by atoms with Crippen molar-refractivity contribution in [1.82, 2.24) is 4.90 Å². The van der Waals surface area contributed by atoms with Crippen LogP contribution in [0.4, 0.5) is 0 Å². The summed E-state index contributed by atoms with van der Waals surface area (Å²) in [5.74, 6) is -0.702. The SMILES string of the molecule is CCC1COCCN1CCCC(C)(C)C(=O)O. The van der Waals surface area contributed by atoms with Crippen molar-refractivity contribution in [3.8, 4) is 0 Å². The largest absolute Gasteiger partial charge is 0.481 e. The molecule has 1 unspecified atom stereocenters. The molecule has 1 aliphatic heterocycles. The van der Waals surface area contributed by atoms with Gasteiger partial charge in [0.15, 0.2) is 0 Å². The van der Waals surface area contributed by atoms with Gasteiger partial charge in [0.05, 0.1) is 18.6 Å². The van der Waals surface area contributed by atoms with Gasteiger partial charge in [0.2, 0.25) is 0 Å². The lowest BCUT2D eigenvalue weighted by Gasteiger charge is -2.35. The molecule has 17 heavy (non-hydrogen) atoms. The molecule has 0 aromatic carbocycles. The van der Waals surface area contributed by atoms with Crippen LogP contribution in [0.3, 0.4) is 0 Å². The molecule has 1 rings (SSSR count). The number of ether oxygens (including phenoxy) is 1. The van der Waals surface area contributed by atoms with Gasteiger partial charge in [-0.25, -0.2) is 0 Å². The quantitative estimate of drug-likeness (QED) is 0.775. The van der Waals surface area contributed by atoms with E-state index in [-0.39, 0.29) is 0 Å². The second kappa shape index (κ2) is 6.36. The van der Waals surface area contributed by atoms with E-state index in [2.05, 4.69) is 11.8 Å². The van der Waals surface area contributed by atoms with E-state index in [1.54, 1.807) is 13.8 Å². The van der Waals surface area contributed by atoms with Crippen LogP contribution < -0.4 is 0 Å². The van der Waals surface area contributed by atoms with Crippen LogP contribution in [-0.2, 0) is 9.53 Å². The minimum Gasteiger partial charge on any atom is -0.481 e. The average Bonchev–Trinajstić information content (AvgIpc) is 2.29. The molecule has 4 nitrogen and oxygen atoms in total. The smallest absolute Gasteiger partial charge is 0.309 e. The van der Waals surface area contributed by atoms with Crippen molar-refractivity contribution < 1.29 is 14.6 Å². The number of carbonyl (C=O) groups is 1. The fourth-order valence-corrected chi connectivity index (χ4v) is 2.19. The van der Waals surface area contributed by atoms with Gasteiger partial charge in [-0.3, -0.25) is 9.69 Å². The molecule has 0 radical (unpaired) electrons. The molecule has 0 bridgehead atoms. The van der Waals surface area contributed by atoms with Crippen LogP contribution in [-0.4, -0.2) is 48.3 Å². The third-order valence-corrected chi connectivity index (χ3v) is 3.65. The van der Waals surface area contributed by atoms with Gasteiger partial charge in [0.1, 0.15) is 0 Å². The van der Waals surface area contributed by atoms with Crippen molar-refractivity contribution in [2.24, 2.45) is 5.41 Å². The molecule has 1 atom stereocenters. The average molecular weight is 243 g/mol. The Morgan fingerprint density at radius 1 is 1.53 bits per heavy atom. The number of rotatable bonds is 6. The molecule has 1 saturated heterocycles. The summed E-state index contributed by atoms with van der Waals surface area (Å²) < 4.78 is 5.45. The van der Waals surface area contributed by atoms with Crippen molar-refractivity contribution in [2.45, 2.75) is 46.1 Å². The fourth-order valence-electron chi connectivity index (χ4n) is 2.19. The highest BCUT2D eigenvalue weighted by Gasteiger charge is 2.27. The molecule has 4 heteroatoms. The van der Waals surface area contributed by atoms with Gasteiger partial charge in [-0.2, -0.15) is 0 Å². The maximum Gasteiger partial charge on any atom is 0.309 e. The normalized spacial score (nSPS) is 22.6. The van der Waals surface area contributed by atoms with E-state index in [1.807, 2.05) is 0 Å². The lowest BCUT2D eigenvalue weighted by atomic mass is 9.88. The zero-order chi connectivity index (χ0) is 12.9. The van der Waals surface area contributed by atoms with Crippen LogP contribution in [0, 0.1) is 5.41 Å². The Balaban J connectivity index is 2.32. The van der Waals surface area contributed by atoms with Gasteiger partial charge >= 0.3 is 5.97 Å². The molecule has 1 aliphatic rings. The second-order valence-corrected chi connectivity index (χ2v) is 5.47. The van der Waals surface area contributed by atoms with Crippen LogP contribution in [0.1, 0.15) is 40.0 Å². The van der Waals surface area contributed by atoms with Crippen molar-refractivity contribution in [2.75, 3.05) is 26.3 Å². The Morgan fingerprint density at radius 2 is 2.24 bits per heavy atom. The van der Waals surface area contributed by atoms with Crippen molar-refractivity contribution in [1.29, 1.82) is 0 Å². The number of nitrogens with zero attached hydrogens (tertiary/aromatic N) is 1. The summed E-state index contributed by atoms with van der Waals surface area (Å²) in [5, 5.41) is 9.04. The van der Waals surface area contributed by atoms with Crippen LogP contribution in [0.15, 0.2) is 0 Å². The number of morpholine rings is 1. The fraction of sp³-hybridized carbons (Fsp3) is 0.923. The molecule has 1 N–H and O–H groups in total. The molecule has 0 spiro atoms. The van der Waals surface area contributed by atoms with Crippen LogP contribution in [0.25, 0.3) is 0 Å². The first kappa shape index (κ1) is 14.5. The molecule has 0 amide bonds. The van der Waals surface area contributed by atoms with Gasteiger partial charge in [-0.1, -0.05) is 6.92 Å². The summed E-state index contributed by atoms with van der Waals surface area (Å²) in [4.78, 5) is 13.4. The van der Waals surface area contributed by atoms with E-state index in [0.29, 0.717) is 6.04 Å². The van der Waals surface area contributed by atoms with E-state index < -0.39 is 11.4 Å². The first-order chi connectivity index (χ1) is 7.97. The van der Waals surface area contributed by atoms with Crippen molar-refractivity contribution in [3.63, 3.8) is 0 Å². The number of hydrogen-bond donors (Lipinski definition) is 1. The Bertz CT molecular complexity index is 253. The summed E-state index contributed by atoms with van der Waals surface area (Å²) in [6.45, 7) is 9.35. The number of hydrogen-bond acceptors (Lipinski definition) is 3. The summed E-state index contributed by atoms with van der Waals surface area (Å²) in [5.41, 5.74) is -0.603. The first-order valence-corrected chi connectivity index (χ1v) is 6.52. The maximum atomic E-state index is 11.0. The maximum absolute atomic E-state index is 11.0. The lowest BCUT2D eigenvalue weighted by molar-refractivity contribution is -0.147. The Morgan fingerprint density at radius 3 is 2.82 bits per heavy atom. The van der Waals surface area contributed by atoms with E-state index in [1.165, 1.54) is 0 Å². The van der Waals surface area contributed by atoms with Crippen LogP contribution >= 0.6 is 0 Å². The predicted molar refractivity (Wildman–Crippen MR) is 67.1 cm³/mol. The van der Waals surface area contributed by atoms with E-state index >= 15 is 0 Å². The highest BCUT2D eigenvalue weighted by Crippen LogP contribution is 2.23. The van der Waals surface area contributed by atoms with Gasteiger partial charge in [0, 0.05) is 12.6 Å². The molecule has 1 fully saturated rings. The predicted octanol–water partition coefficient (Wildman–Crippen LogP) is 1.99. The third-order valence-electron chi connectivity index (χ3n) is 3.65. The Labute approximate surface area is 104 Å². The second-order valence-electron chi connectivity index (χ2n) is 5.47. The molecule has 0 aromatic heterocycles. The highest BCUT2D eigenvalue weighted by atomic mass is 16.5. The van der Waals surface area contributed by atoms with Crippen molar-refractivity contribution >= 4 is 5.97 Å². The summed E-state index contributed by atoms with van der Waals surface area (Å²) in [7, 11) is 0.